The summed E-state index contributed by atoms with van der Waals surface area (Å²) in [7, 11) is 0. The molecule has 0 saturated heterocycles. The first-order valence-corrected chi connectivity index (χ1v) is 6.89. The number of carbonyl (C=O) groups excluding carboxylic acids is 1. The van der Waals surface area contributed by atoms with Gasteiger partial charge in [0.25, 0.3) is 0 Å². The number of hydrogen-bond donors (Lipinski definition) is 2. The summed E-state index contributed by atoms with van der Waals surface area (Å²) in [5.41, 5.74) is 2.57. The number of anilines is 1. The van der Waals surface area contributed by atoms with Crippen LogP contribution in [0.1, 0.15) is 31.2 Å². The van der Waals surface area contributed by atoms with Crippen molar-refractivity contribution in [3.05, 3.63) is 48.0 Å². The molecule has 0 aromatic carbocycles. The van der Waals surface area contributed by atoms with E-state index in [2.05, 4.69) is 34.3 Å². The minimum absolute atomic E-state index is 0.125. The third-order valence-electron chi connectivity index (χ3n) is 3.24. The van der Waals surface area contributed by atoms with Gasteiger partial charge in [-0.2, -0.15) is 5.10 Å². The molecule has 2 N–H and O–H groups in total. The molecule has 0 saturated carbocycles. The molecule has 0 bridgehead atoms. The molecule has 0 fully saturated rings. The van der Waals surface area contributed by atoms with Crippen LogP contribution < -0.4 is 5.32 Å². The number of fused-ring (bicyclic) bond motifs is 1. The highest BCUT2D eigenvalue weighted by molar-refractivity contribution is 5.91. The smallest absolute Gasteiger partial charge is 0.231 e. The third-order valence-corrected chi connectivity index (χ3v) is 3.24. The van der Waals surface area contributed by atoms with E-state index in [0.717, 1.165) is 17.0 Å². The minimum Gasteiger partial charge on any atom is -0.309 e. The molecule has 0 aliphatic carbocycles. The quantitative estimate of drug-likeness (QED) is 0.772. The molecule has 3 aromatic heterocycles. The summed E-state index contributed by atoms with van der Waals surface area (Å²) >= 11 is 0. The van der Waals surface area contributed by atoms with Crippen LogP contribution in [0.15, 0.2) is 36.7 Å². The molecule has 3 heterocycles. The summed E-state index contributed by atoms with van der Waals surface area (Å²) in [6, 6.07) is 7.61. The highest BCUT2D eigenvalue weighted by Crippen LogP contribution is 2.15. The fourth-order valence-electron chi connectivity index (χ4n) is 2.12. The number of nitrogens with one attached hydrogen (secondary N) is 2. The first kappa shape index (κ1) is 13.4. The van der Waals surface area contributed by atoms with Crippen LogP contribution in [0, 0.1) is 0 Å². The van der Waals surface area contributed by atoms with Crippen molar-refractivity contribution in [1.82, 2.24) is 19.6 Å². The second-order valence-corrected chi connectivity index (χ2v) is 5.29. The molecule has 0 aliphatic rings. The van der Waals surface area contributed by atoms with Crippen LogP contribution >= 0.6 is 0 Å². The lowest BCUT2D eigenvalue weighted by Crippen LogP contribution is -2.14. The summed E-state index contributed by atoms with van der Waals surface area (Å²) < 4.78 is 1.90. The minimum atomic E-state index is -0.125. The fraction of sp³-hybridized carbons (Fsp3) is 0.267. The standard InChI is InChI=1S/C15H17N5O/c1-10(2)12-8-13(19-18-12)17-15(21)7-11-9-20-6-4-3-5-14(20)16-11/h3-6,8-10H,7H2,1-2H3,(H2,17,18,19,21). The van der Waals surface area contributed by atoms with Crippen LogP contribution in [-0.4, -0.2) is 25.5 Å². The van der Waals surface area contributed by atoms with E-state index in [1.54, 1.807) is 0 Å². The Hall–Kier alpha value is -2.63. The summed E-state index contributed by atoms with van der Waals surface area (Å²) in [6.07, 6.45) is 4.00. The molecule has 21 heavy (non-hydrogen) atoms. The number of rotatable bonds is 4. The van der Waals surface area contributed by atoms with Crippen molar-refractivity contribution in [1.29, 1.82) is 0 Å². The molecular formula is C15H17N5O. The van der Waals surface area contributed by atoms with Gasteiger partial charge in [0.15, 0.2) is 5.82 Å². The van der Waals surface area contributed by atoms with Gasteiger partial charge >= 0.3 is 0 Å². The topological polar surface area (TPSA) is 75.1 Å². The van der Waals surface area contributed by atoms with E-state index in [1.165, 1.54) is 0 Å². The maximum atomic E-state index is 12.0. The highest BCUT2D eigenvalue weighted by atomic mass is 16.1. The van der Waals surface area contributed by atoms with Gasteiger partial charge in [-0.1, -0.05) is 19.9 Å². The van der Waals surface area contributed by atoms with Gasteiger partial charge in [-0.25, -0.2) is 4.98 Å². The molecule has 108 valence electrons. The van der Waals surface area contributed by atoms with Crippen molar-refractivity contribution in [2.75, 3.05) is 5.32 Å². The number of carbonyl (C=O) groups is 1. The van der Waals surface area contributed by atoms with Crippen LogP contribution in [-0.2, 0) is 11.2 Å². The Bertz CT molecular complexity index is 738. The maximum absolute atomic E-state index is 12.0. The molecule has 0 aliphatic heterocycles. The molecule has 3 rings (SSSR count). The lowest BCUT2D eigenvalue weighted by atomic mass is 10.1. The lowest BCUT2D eigenvalue weighted by Gasteiger charge is -1.99. The number of H-pyrrole nitrogens is 1. The van der Waals surface area contributed by atoms with Crippen LogP contribution in [0.2, 0.25) is 0 Å². The fourth-order valence-corrected chi connectivity index (χ4v) is 2.12. The first-order chi connectivity index (χ1) is 10.1. The highest BCUT2D eigenvalue weighted by Gasteiger charge is 2.10. The maximum Gasteiger partial charge on any atom is 0.231 e. The molecule has 0 atom stereocenters. The van der Waals surface area contributed by atoms with E-state index in [0.29, 0.717) is 11.7 Å². The second-order valence-electron chi connectivity index (χ2n) is 5.29. The predicted octanol–water partition coefficient (Wildman–Crippen LogP) is 2.36. The van der Waals surface area contributed by atoms with E-state index in [4.69, 9.17) is 0 Å². The summed E-state index contributed by atoms with van der Waals surface area (Å²) in [5.74, 6) is 0.772. The Morgan fingerprint density at radius 1 is 1.43 bits per heavy atom. The average molecular weight is 283 g/mol. The van der Waals surface area contributed by atoms with Crippen molar-refractivity contribution < 1.29 is 4.79 Å². The lowest BCUT2D eigenvalue weighted by molar-refractivity contribution is -0.115. The van der Waals surface area contributed by atoms with Crippen LogP contribution in [0.3, 0.4) is 0 Å². The van der Waals surface area contributed by atoms with Gasteiger partial charge in [0, 0.05) is 24.2 Å². The molecule has 0 radical (unpaired) electrons. The molecular weight excluding hydrogens is 266 g/mol. The van der Waals surface area contributed by atoms with Gasteiger partial charge in [-0.05, 0) is 18.1 Å². The van der Waals surface area contributed by atoms with Gasteiger partial charge in [0.2, 0.25) is 5.91 Å². The zero-order valence-corrected chi connectivity index (χ0v) is 12.0. The zero-order chi connectivity index (χ0) is 14.8. The zero-order valence-electron chi connectivity index (χ0n) is 12.0. The van der Waals surface area contributed by atoms with Crippen molar-refractivity contribution in [2.45, 2.75) is 26.2 Å². The van der Waals surface area contributed by atoms with Gasteiger partial charge < -0.3 is 9.72 Å². The molecule has 3 aromatic rings. The van der Waals surface area contributed by atoms with Crippen LogP contribution in [0.25, 0.3) is 5.65 Å². The second kappa shape index (κ2) is 5.40. The first-order valence-electron chi connectivity index (χ1n) is 6.89. The number of amides is 1. The summed E-state index contributed by atoms with van der Waals surface area (Å²) in [5, 5.41) is 9.77. The molecule has 0 unspecified atom stereocenters. The number of aromatic amines is 1. The predicted molar refractivity (Wildman–Crippen MR) is 80.2 cm³/mol. The van der Waals surface area contributed by atoms with Crippen LogP contribution in [0.5, 0.6) is 0 Å². The van der Waals surface area contributed by atoms with Crippen molar-refractivity contribution in [3.8, 4) is 0 Å². The largest absolute Gasteiger partial charge is 0.309 e. The molecule has 1 amide bonds. The number of aromatic nitrogens is 4. The number of pyridine rings is 1. The normalized spacial score (nSPS) is 11.2. The van der Waals surface area contributed by atoms with E-state index in [9.17, 15) is 4.79 Å². The van der Waals surface area contributed by atoms with Gasteiger partial charge in [0.1, 0.15) is 5.65 Å². The van der Waals surface area contributed by atoms with Crippen molar-refractivity contribution >= 4 is 17.4 Å². The monoisotopic (exact) mass is 283 g/mol. The Balaban J connectivity index is 1.68. The van der Waals surface area contributed by atoms with E-state index < -0.39 is 0 Å². The SMILES string of the molecule is CC(C)c1cc(NC(=O)Cc2cn3ccccc3n2)n[nH]1. The van der Waals surface area contributed by atoms with Crippen molar-refractivity contribution in [3.63, 3.8) is 0 Å². The number of imidazole rings is 1. The van der Waals surface area contributed by atoms with E-state index in [-0.39, 0.29) is 12.3 Å². The summed E-state index contributed by atoms with van der Waals surface area (Å²) in [4.78, 5) is 16.4. The third kappa shape index (κ3) is 2.94. The van der Waals surface area contributed by atoms with Gasteiger partial charge in [-0.3, -0.25) is 9.89 Å². The van der Waals surface area contributed by atoms with Gasteiger partial charge in [-0.15, -0.1) is 0 Å². The molecule has 6 heteroatoms. The van der Waals surface area contributed by atoms with E-state index in [1.807, 2.05) is 41.1 Å². The molecule has 0 spiro atoms. The average Bonchev–Trinajstić information content (AvgIpc) is 3.04. The van der Waals surface area contributed by atoms with E-state index >= 15 is 0 Å². The van der Waals surface area contributed by atoms with Gasteiger partial charge in [0.05, 0.1) is 12.1 Å². The Labute approximate surface area is 122 Å². The number of nitrogens with zero attached hydrogens (tertiary/aromatic N) is 3. The Kier molecular flexibility index (Phi) is 3.43. The Morgan fingerprint density at radius 2 is 2.29 bits per heavy atom. The number of hydrogen-bond acceptors (Lipinski definition) is 3. The summed E-state index contributed by atoms with van der Waals surface area (Å²) in [6.45, 7) is 4.13. The van der Waals surface area contributed by atoms with Crippen molar-refractivity contribution in [2.24, 2.45) is 0 Å². The Morgan fingerprint density at radius 3 is 3.00 bits per heavy atom. The van der Waals surface area contributed by atoms with Crippen LogP contribution in [0.4, 0.5) is 5.82 Å². The molecule has 6 nitrogen and oxygen atoms in total.